The van der Waals surface area contributed by atoms with Crippen molar-refractivity contribution in [3.63, 3.8) is 0 Å². The Balaban J connectivity index is 2.00. The first-order valence-corrected chi connectivity index (χ1v) is 10.6. The molecule has 0 radical (unpaired) electrons. The van der Waals surface area contributed by atoms with Gasteiger partial charge in [-0.2, -0.15) is 4.72 Å². The van der Waals surface area contributed by atoms with E-state index in [-0.39, 0.29) is 27.5 Å². The van der Waals surface area contributed by atoms with Crippen molar-refractivity contribution in [3.8, 4) is 0 Å². The van der Waals surface area contributed by atoms with Crippen LogP contribution in [0.4, 0.5) is 4.79 Å². The van der Waals surface area contributed by atoms with Crippen molar-refractivity contribution >= 4 is 45.2 Å². The van der Waals surface area contributed by atoms with Gasteiger partial charge in [-0.3, -0.25) is 4.79 Å². The predicted molar refractivity (Wildman–Crippen MR) is 101 cm³/mol. The van der Waals surface area contributed by atoms with E-state index in [1.54, 1.807) is 6.92 Å². The quantitative estimate of drug-likeness (QED) is 0.759. The average molecular weight is 438 g/mol. The van der Waals surface area contributed by atoms with Crippen LogP contribution in [0.5, 0.6) is 0 Å². The fourth-order valence-corrected chi connectivity index (χ4v) is 4.59. The van der Waals surface area contributed by atoms with Crippen LogP contribution in [-0.4, -0.2) is 69.0 Å². The van der Waals surface area contributed by atoms with E-state index in [0.717, 1.165) is 0 Å². The highest BCUT2D eigenvalue weighted by atomic mass is 35.5. The first-order chi connectivity index (χ1) is 12.7. The maximum atomic E-state index is 12.6. The molecule has 0 unspecified atom stereocenters. The number of nitrogens with zero attached hydrogens (tertiary/aromatic N) is 2. The van der Waals surface area contributed by atoms with Gasteiger partial charge in [0.1, 0.15) is 4.90 Å². The maximum Gasteiger partial charge on any atom is 0.409 e. The Hall–Kier alpha value is -1.55. The van der Waals surface area contributed by atoms with E-state index >= 15 is 0 Å². The lowest BCUT2D eigenvalue weighted by Gasteiger charge is -2.35. The molecule has 150 valence electrons. The second kappa shape index (κ2) is 9.09. The number of benzene rings is 1. The van der Waals surface area contributed by atoms with E-state index < -0.39 is 22.2 Å². The molecule has 2 rings (SSSR count). The van der Waals surface area contributed by atoms with E-state index in [2.05, 4.69) is 4.72 Å². The lowest BCUT2D eigenvalue weighted by molar-refractivity contribution is -0.134. The van der Waals surface area contributed by atoms with Gasteiger partial charge in [0.25, 0.3) is 0 Å². The third-order valence-electron chi connectivity index (χ3n) is 4.00. The number of nitrogens with one attached hydrogen (secondary N) is 1. The Bertz CT molecular complexity index is 810. The minimum atomic E-state index is -4.03. The van der Waals surface area contributed by atoms with Crippen LogP contribution < -0.4 is 4.72 Å². The monoisotopic (exact) mass is 437 g/mol. The van der Waals surface area contributed by atoms with E-state index in [1.807, 2.05) is 0 Å². The van der Waals surface area contributed by atoms with Crippen molar-refractivity contribution in [2.24, 2.45) is 0 Å². The first-order valence-electron chi connectivity index (χ1n) is 8.33. The van der Waals surface area contributed by atoms with Crippen molar-refractivity contribution in [3.05, 3.63) is 28.2 Å². The van der Waals surface area contributed by atoms with Crippen LogP contribution in [0.25, 0.3) is 0 Å². The van der Waals surface area contributed by atoms with E-state index in [9.17, 15) is 18.0 Å². The molecule has 1 N–H and O–H groups in total. The molecule has 1 aromatic carbocycles. The number of hydrogen-bond acceptors (Lipinski definition) is 5. The van der Waals surface area contributed by atoms with Crippen molar-refractivity contribution in [2.45, 2.75) is 24.8 Å². The Morgan fingerprint density at radius 2 is 1.78 bits per heavy atom. The highest BCUT2D eigenvalue weighted by Gasteiger charge is 2.30. The summed E-state index contributed by atoms with van der Waals surface area (Å²) in [5.41, 5.74) is 0. The summed E-state index contributed by atoms with van der Waals surface area (Å²) in [6.07, 6.45) is -0.422. The molecule has 1 heterocycles. The van der Waals surface area contributed by atoms with Crippen LogP contribution in [0.2, 0.25) is 10.0 Å². The molecule has 8 nitrogen and oxygen atoms in total. The number of hydrogen-bond donors (Lipinski definition) is 1. The number of piperazine rings is 1. The number of halogens is 2. The molecule has 0 spiro atoms. The second-order valence-electron chi connectivity index (χ2n) is 5.93. The zero-order chi connectivity index (χ0) is 20.2. The molecule has 1 fully saturated rings. The highest BCUT2D eigenvalue weighted by Crippen LogP contribution is 2.25. The van der Waals surface area contributed by atoms with Gasteiger partial charge in [-0.05, 0) is 32.0 Å². The number of rotatable bonds is 5. The predicted octanol–water partition coefficient (Wildman–Crippen LogP) is 1.96. The molecule has 0 bridgehead atoms. The van der Waals surface area contributed by atoms with Crippen molar-refractivity contribution < 1.29 is 22.7 Å². The van der Waals surface area contributed by atoms with Crippen LogP contribution in [0, 0.1) is 0 Å². The van der Waals surface area contributed by atoms with Gasteiger partial charge >= 0.3 is 6.09 Å². The maximum absolute atomic E-state index is 12.6. The van der Waals surface area contributed by atoms with Gasteiger partial charge in [0, 0.05) is 31.2 Å². The number of amides is 2. The van der Waals surface area contributed by atoms with E-state index in [0.29, 0.717) is 26.2 Å². The van der Waals surface area contributed by atoms with Crippen LogP contribution in [0.3, 0.4) is 0 Å². The summed E-state index contributed by atoms with van der Waals surface area (Å²) in [6, 6.07) is 3.07. The average Bonchev–Trinajstić information content (AvgIpc) is 2.63. The highest BCUT2D eigenvalue weighted by molar-refractivity contribution is 7.89. The van der Waals surface area contributed by atoms with Crippen molar-refractivity contribution in [2.75, 3.05) is 32.8 Å². The van der Waals surface area contributed by atoms with Gasteiger partial charge in [0.05, 0.1) is 17.7 Å². The summed E-state index contributed by atoms with van der Waals surface area (Å²) < 4.78 is 32.3. The SMILES string of the molecule is CCOC(=O)N1CCN(C(=O)[C@@H](C)NS(=O)(=O)c2cc(Cl)ccc2Cl)CC1. The van der Waals surface area contributed by atoms with Crippen LogP contribution in [0.15, 0.2) is 23.1 Å². The van der Waals surface area contributed by atoms with Gasteiger partial charge in [-0.25, -0.2) is 13.2 Å². The van der Waals surface area contributed by atoms with Gasteiger partial charge in [0.15, 0.2) is 0 Å². The van der Waals surface area contributed by atoms with Gasteiger partial charge in [-0.1, -0.05) is 23.2 Å². The largest absolute Gasteiger partial charge is 0.450 e. The molecular weight excluding hydrogens is 417 g/mol. The first kappa shape index (κ1) is 21.7. The number of ether oxygens (including phenoxy) is 1. The third-order valence-corrected chi connectivity index (χ3v) is 6.26. The minimum Gasteiger partial charge on any atom is -0.450 e. The molecule has 0 saturated carbocycles. The van der Waals surface area contributed by atoms with Gasteiger partial charge < -0.3 is 14.5 Å². The Morgan fingerprint density at radius 1 is 1.19 bits per heavy atom. The zero-order valence-electron chi connectivity index (χ0n) is 14.9. The molecule has 1 atom stereocenters. The number of carbonyl (C=O) groups is 2. The molecule has 1 aliphatic rings. The topological polar surface area (TPSA) is 96.0 Å². The fraction of sp³-hybridized carbons (Fsp3) is 0.500. The summed E-state index contributed by atoms with van der Waals surface area (Å²) in [7, 11) is -4.03. The lowest BCUT2D eigenvalue weighted by atomic mass is 10.2. The summed E-state index contributed by atoms with van der Waals surface area (Å²) in [6.45, 7) is 4.69. The van der Waals surface area contributed by atoms with Crippen LogP contribution >= 0.6 is 23.2 Å². The van der Waals surface area contributed by atoms with Crippen LogP contribution in [-0.2, 0) is 19.6 Å². The van der Waals surface area contributed by atoms with Crippen LogP contribution in [0.1, 0.15) is 13.8 Å². The summed E-state index contributed by atoms with van der Waals surface area (Å²) in [5.74, 6) is -0.389. The van der Waals surface area contributed by atoms with Crippen molar-refractivity contribution in [1.29, 1.82) is 0 Å². The molecule has 2 amide bonds. The van der Waals surface area contributed by atoms with E-state index in [4.69, 9.17) is 27.9 Å². The smallest absolute Gasteiger partial charge is 0.409 e. The Kier molecular flexibility index (Phi) is 7.32. The molecule has 27 heavy (non-hydrogen) atoms. The Morgan fingerprint density at radius 3 is 2.37 bits per heavy atom. The molecule has 0 aliphatic carbocycles. The normalized spacial score (nSPS) is 16.1. The molecule has 0 aromatic heterocycles. The molecule has 11 heteroatoms. The standard InChI is InChI=1S/C16H21Cl2N3O5S/c1-3-26-16(23)21-8-6-20(7-9-21)15(22)11(2)19-27(24,25)14-10-12(17)4-5-13(14)18/h4-5,10-11,19H,3,6-9H2,1-2H3/t11-/m1/s1. The molecular formula is C16H21Cl2N3O5S. The molecule has 1 saturated heterocycles. The Labute approximate surface area is 168 Å². The fourth-order valence-electron chi connectivity index (χ4n) is 2.63. The number of sulfonamides is 1. The lowest BCUT2D eigenvalue weighted by Crippen LogP contribution is -2.55. The summed E-state index contributed by atoms with van der Waals surface area (Å²) in [4.78, 5) is 27.1. The summed E-state index contributed by atoms with van der Waals surface area (Å²) >= 11 is 11.8. The minimum absolute atomic E-state index is 0.00889. The number of carbonyl (C=O) groups excluding carboxylic acids is 2. The summed E-state index contributed by atoms with van der Waals surface area (Å²) in [5, 5.41) is 0.225. The van der Waals surface area contributed by atoms with Gasteiger partial charge in [0.2, 0.25) is 15.9 Å². The van der Waals surface area contributed by atoms with Gasteiger partial charge in [-0.15, -0.1) is 0 Å². The molecule has 1 aliphatic heterocycles. The van der Waals surface area contributed by atoms with E-state index in [1.165, 1.54) is 34.9 Å². The second-order valence-corrected chi connectivity index (χ2v) is 8.46. The van der Waals surface area contributed by atoms with Crippen molar-refractivity contribution in [1.82, 2.24) is 14.5 Å². The third kappa shape index (κ3) is 5.47. The zero-order valence-corrected chi connectivity index (χ0v) is 17.3. The molecule has 1 aromatic rings.